The summed E-state index contributed by atoms with van der Waals surface area (Å²) in [5.74, 6) is -2.25. The largest absolute Gasteiger partial charge is 0.477 e. The molecule has 18 heavy (non-hydrogen) atoms. The van der Waals surface area contributed by atoms with Crippen molar-refractivity contribution in [3.8, 4) is 11.6 Å². The lowest BCUT2D eigenvalue weighted by Crippen LogP contribution is -2.03. The lowest BCUT2D eigenvalue weighted by atomic mass is 10.2. The summed E-state index contributed by atoms with van der Waals surface area (Å²) in [4.78, 5) is 14.8. The lowest BCUT2D eigenvalue weighted by molar-refractivity contribution is 0.0689. The van der Waals surface area contributed by atoms with Crippen molar-refractivity contribution in [2.75, 3.05) is 0 Å². The first-order valence-electron chi connectivity index (χ1n) is 4.89. The number of carboxylic acids is 1. The number of rotatable bonds is 3. The van der Waals surface area contributed by atoms with Gasteiger partial charge in [-0.2, -0.15) is 0 Å². The number of aromatic nitrogens is 1. The molecule has 92 valence electrons. The number of nitrogens with zero attached hydrogens (tertiary/aromatic N) is 1. The molecule has 4 nitrogen and oxygen atoms in total. The molecule has 0 saturated carbocycles. The zero-order valence-corrected chi connectivity index (χ0v) is 9.69. The highest BCUT2D eigenvalue weighted by Crippen LogP contribution is 2.26. The number of hydrogen-bond donors (Lipinski definition) is 1. The molecule has 0 unspecified atom stereocenters. The number of halogens is 2. The van der Waals surface area contributed by atoms with Gasteiger partial charge in [-0.05, 0) is 18.2 Å². The average molecular weight is 268 g/mol. The van der Waals surface area contributed by atoms with Crippen LogP contribution in [-0.4, -0.2) is 16.1 Å². The highest BCUT2D eigenvalue weighted by Gasteiger charge is 2.17. The van der Waals surface area contributed by atoms with Crippen LogP contribution >= 0.6 is 11.6 Å². The second kappa shape index (κ2) is 5.01. The van der Waals surface area contributed by atoms with Gasteiger partial charge in [0.05, 0.1) is 5.02 Å². The Hall–Kier alpha value is -2.14. The van der Waals surface area contributed by atoms with Crippen molar-refractivity contribution >= 4 is 17.6 Å². The standard InChI is InChI=1S/C12H7ClFNO3/c13-7-4-5-10(15-6-7)18-9-3-1-2-8(14)11(9)12(16)17/h1-6H,(H,16,17). The zero-order valence-electron chi connectivity index (χ0n) is 8.93. The predicted octanol–water partition coefficient (Wildman–Crippen LogP) is 3.36. The highest BCUT2D eigenvalue weighted by molar-refractivity contribution is 6.30. The van der Waals surface area contributed by atoms with Gasteiger partial charge in [-0.3, -0.25) is 0 Å². The summed E-state index contributed by atoms with van der Waals surface area (Å²) >= 11 is 5.65. The van der Waals surface area contributed by atoms with Gasteiger partial charge in [0.25, 0.3) is 0 Å². The molecule has 0 atom stereocenters. The third-order valence-corrected chi connectivity index (χ3v) is 2.33. The maximum Gasteiger partial charge on any atom is 0.342 e. The molecule has 1 aromatic heterocycles. The fraction of sp³-hybridized carbons (Fsp3) is 0. The van der Waals surface area contributed by atoms with Gasteiger partial charge in [0.15, 0.2) is 0 Å². The van der Waals surface area contributed by atoms with Crippen molar-refractivity contribution in [3.63, 3.8) is 0 Å². The summed E-state index contributed by atoms with van der Waals surface area (Å²) in [5.41, 5.74) is -0.533. The Bertz CT molecular complexity index is 586. The van der Waals surface area contributed by atoms with E-state index in [2.05, 4.69) is 4.98 Å². The molecule has 0 aliphatic rings. The fourth-order valence-electron chi connectivity index (χ4n) is 1.33. The van der Waals surface area contributed by atoms with E-state index in [-0.39, 0.29) is 11.6 Å². The Morgan fingerprint density at radius 1 is 1.33 bits per heavy atom. The van der Waals surface area contributed by atoms with E-state index in [0.29, 0.717) is 5.02 Å². The molecule has 1 N–H and O–H groups in total. The van der Waals surface area contributed by atoms with Crippen molar-refractivity contribution in [3.05, 3.63) is 52.9 Å². The van der Waals surface area contributed by atoms with E-state index in [1.165, 1.54) is 30.5 Å². The van der Waals surface area contributed by atoms with Crippen molar-refractivity contribution < 1.29 is 19.0 Å². The maximum absolute atomic E-state index is 13.4. The third kappa shape index (κ3) is 2.57. The molecule has 0 saturated heterocycles. The molecule has 6 heteroatoms. The fourth-order valence-corrected chi connectivity index (χ4v) is 1.44. The molecule has 0 aliphatic carbocycles. The number of pyridine rings is 1. The Morgan fingerprint density at radius 3 is 2.72 bits per heavy atom. The number of hydrogen-bond acceptors (Lipinski definition) is 3. The summed E-state index contributed by atoms with van der Waals surface area (Å²) in [6, 6.07) is 6.74. The summed E-state index contributed by atoms with van der Waals surface area (Å²) in [5, 5.41) is 9.32. The monoisotopic (exact) mass is 267 g/mol. The van der Waals surface area contributed by atoms with Gasteiger partial charge in [-0.1, -0.05) is 17.7 Å². The number of carbonyl (C=O) groups is 1. The smallest absolute Gasteiger partial charge is 0.342 e. The van der Waals surface area contributed by atoms with Crippen molar-refractivity contribution in [1.82, 2.24) is 4.98 Å². The first-order valence-corrected chi connectivity index (χ1v) is 5.27. The molecular weight excluding hydrogens is 261 g/mol. The molecule has 2 aromatic rings. The summed E-state index contributed by atoms with van der Waals surface area (Å²) in [6.45, 7) is 0. The van der Waals surface area contributed by atoms with E-state index in [1.54, 1.807) is 0 Å². The lowest BCUT2D eigenvalue weighted by Gasteiger charge is -2.08. The summed E-state index contributed by atoms with van der Waals surface area (Å²) in [7, 11) is 0. The molecule has 1 heterocycles. The molecule has 1 aromatic carbocycles. The Balaban J connectivity index is 2.37. The van der Waals surface area contributed by atoms with Gasteiger partial charge in [-0.25, -0.2) is 14.2 Å². The van der Waals surface area contributed by atoms with E-state index in [1.807, 2.05) is 0 Å². The van der Waals surface area contributed by atoms with Crippen LogP contribution in [0, 0.1) is 5.82 Å². The molecule has 0 fully saturated rings. The van der Waals surface area contributed by atoms with E-state index < -0.39 is 17.3 Å². The van der Waals surface area contributed by atoms with E-state index in [4.69, 9.17) is 21.4 Å². The van der Waals surface area contributed by atoms with Crippen LogP contribution in [0.1, 0.15) is 10.4 Å². The molecule has 0 aliphatic heterocycles. The van der Waals surface area contributed by atoms with E-state index in [9.17, 15) is 9.18 Å². The number of benzene rings is 1. The summed E-state index contributed by atoms with van der Waals surface area (Å²) in [6.07, 6.45) is 1.34. The first-order chi connectivity index (χ1) is 8.58. The quantitative estimate of drug-likeness (QED) is 0.926. The molecule has 2 rings (SSSR count). The van der Waals surface area contributed by atoms with Crippen LogP contribution in [0.3, 0.4) is 0 Å². The number of carboxylic acid groups (broad SMARTS) is 1. The van der Waals surface area contributed by atoms with E-state index >= 15 is 0 Å². The molecular formula is C12H7ClFNO3. The van der Waals surface area contributed by atoms with Gasteiger partial charge < -0.3 is 9.84 Å². The van der Waals surface area contributed by atoms with Gasteiger partial charge in [-0.15, -0.1) is 0 Å². The average Bonchev–Trinajstić information content (AvgIpc) is 2.32. The minimum atomic E-state index is -1.41. The number of aromatic carboxylic acids is 1. The van der Waals surface area contributed by atoms with Crippen molar-refractivity contribution in [2.24, 2.45) is 0 Å². The van der Waals surface area contributed by atoms with Crippen LogP contribution < -0.4 is 4.74 Å². The zero-order chi connectivity index (χ0) is 13.1. The summed E-state index contributed by atoms with van der Waals surface area (Å²) < 4.78 is 18.6. The van der Waals surface area contributed by atoms with Crippen molar-refractivity contribution in [2.45, 2.75) is 0 Å². The second-order valence-corrected chi connectivity index (χ2v) is 3.77. The topological polar surface area (TPSA) is 59.4 Å². The van der Waals surface area contributed by atoms with Crippen LogP contribution in [0.25, 0.3) is 0 Å². The van der Waals surface area contributed by atoms with Crippen LogP contribution in [-0.2, 0) is 0 Å². The van der Waals surface area contributed by atoms with Gasteiger partial charge in [0.2, 0.25) is 5.88 Å². The highest BCUT2D eigenvalue weighted by atomic mass is 35.5. The van der Waals surface area contributed by atoms with E-state index in [0.717, 1.165) is 6.07 Å². The Morgan fingerprint density at radius 2 is 2.11 bits per heavy atom. The van der Waals surface area contributed by atoms with Crippen LogP contribution in [0.2, 0.25) is 5.02 Å². The van der Waals surface area contributed by atoms with Gasteiger partial charge >= 0.3 is 5.97 Å². The van der Waals surface area contributed by atoms with Crippen LogP contribution in [0.15, 0.2) is 36.5 Å². The normalized spacial score (nSPS) is 10.1. The van der Waals surface area contributed by atoms with Crippen molar-refractivity contribution in [1.29, 1.82) is 0 Å². The Labute approximate surface area is 107 Å². The Kier molecular flexibility index (Phi) is 3.43. The van der Waals surface area contributed by atoms with Crippen LogP contribution in [0.5, 0.6) is 11.6 Å². The third-order valence-electron chi connectivity index (χ3n) is 2.10. The van der Waals surface area contributed by atoms with Gasteiger partial charge in [0, 0.05) is 12.3 Å². The minimum Gasteiger partial charge on any atom is -0.477 e. The number of ether oxygens (including phenoxy) is 1. The predicted molar refractivity (Wildman–Crippen MR) is 62.7 cm³/mol. The van der Waals surface area contributed by atoms with Crippen LogP contribution in [0.4, 0.5) is 4.39 Å². The molecule has 0 radical (unpaired) electrons. The van der Waals surface area contributed by atoms with Gasteiger partial charge in [0.1, 0.15) is 17.1 Å². The molecule has 0 spiro atoms. The molecule has 0 bridgehead atoms. The second-order valence-electron chi connectivity index (χ2n) is 3.33. The first kappa shape index (κ1) is 12.3. The minimum absolute atomic E-state index is 0.114. The SMILES string of the molecule is O=C(O)c1c(F)cccc1Oc1ccc(Cl)cn1. The molecule has 0 amide bonds. The maximum atomic E-state index is 13.4.